The van der Waals surface area contributed by atoms with Crippen molar-refractivity contribution >= 4 is 21.9 Å². The molecule has 0 aliphatic rings. The third-order valence-electron chi connectivity index (χ3n) is 2.36. The normalized spacial score (nSPS) is 12.1. The van der Waals surface area contributed by atoms with Gasteiger partial charge in [-0.2, -0.15) is 0 Å². The molecule has 0 saturated heterocycles. The van der Waals surface area contributed by atoms with Gasteiger partial charge >= 0.3 is 5.97 Å². The van der Waals surface area contributed by atoms with Crippen molar-refractivity contribution in [2.45, 2.75) is 18.2 Å². The van der Waals surface area contributed by atoms with Crippen LogP contribution in [0.15, 0.2) is 30.3 Å². The highest BCUT2D eigenvalue weighted by molar-refractivity contribution is 9.09. The second-order valence-corrected chi connectivity index (χ2v) is 4.72. The van der Waals surface area contributed by atoms with Crippen LogP contribution in [0.4, 0.5) is 0 Å². The van der Waals surface area contributed by atoms with Crippen molar-refractivity contribution in [3.05, 3.63) is 35.9 Å². The minimum absolute atomic E-state index is 0.221. The van der Waals surface area contributed by atoms with Crippen molar-refractivity contribution < 1.29 is 14.8 Å². The molecule has 1 aromatic carbocycles. The molecule has 0 aliphatic carbocycles. The third-order valence-corrected chi connectivity index (χ3v) is 3.26. The van der Waals surface area contributed by atoms with E-state index in [0.29, 0.717) is 6.61 Å². The van der Waals surface area contributed by atoms with Gasteiger partial charge in [0.1, 0.15) is 18.0 Å². The molecule has 94 valence electrons. The standard InChI is InChI=1S/C13H18BrNO2/c1-2-8-15-9-10-17-13(16)12(14)11-6-4-3-5-7-11/h3-7,12,15H,2,8-10H2,1H3/p+1. The molecule has 0 radical (unpaired) electrons. The Hall–Kier alpha value is -0.870. The lowest BCUT2D eigenvalue weighted by Crippen LogP contribution is -2.85. The lowest BCUT2D eigenvalue weighted by Gasteiger charge is -2.09. The number of halogens is 1. The van der Waals surface area contributed by atoms with Gasteiger partial charge in [0.05, 0.1) is 6.54 Å². The Bertz CT molecular complexity index is 329. The van der Waals surface area contributed by atoms with Gasteiger partial charge in [0, 0.05) is 0 Å². The highest BCUT2D eigenvalue weighted by Gasteiger charge is 2.18. The van der Waals surface area contributed by atoms with Gasteiger partial charge in [0.2, 0.25) is 0 Å². The average molecular weight is 301 g/mol. The van der Waals surface area contributed by atoms with Crippen molar-refractivity contribution in [3.63, 3.8) is 0 Å². The van der Waals surface area contributed by atoms with E-state index in [1.165, 1.54) is 0 Å². The molecule has 1 aromatic rings. The van der Waals surface area contributed by atoms with Gasteiger partial charge in [-0.05, 0) is 12.0 Å². The predicted molar refractivity (Wildman–Crippen MR) is 71.0 cm³/mol. The molecule has 0 spiro atoms. The summed E-state index contributed by atoms with van der Waals surface area (Å²) < 4.78 is 5.19. The highest BCUT2D eigenvalue weighted by Crippen LogP contribution is 2.23. The maximum Gasteiger partial charge on any atom is 0.324 e. The number of rotatable bonds is 7. The van der Waals surface area contributed by atoms with Gasteiger partial charge in [-0.1, -0.05) is 53.2 Å². The number of carbonyl (C=O) groups excluding carboxylic acids is 1. The molecule has 4 heteroatoms. The zero-order valence-electron chi connectivity index (χ0n) is 10.1. The number of carbonyl (C=O) groups is 1. The summed E-state index contributed by atoms with van der Waals surface area (Å²) in [6.45, 7) is 4.50. The molecule has 1 unspecified atom stereocenters. The zero-order valence-corrected chi connectivity index (χ0v) is 11.7. The van der Waals surface area contributed by atoms with E-state index in [1.807, 2.05) is 30.3 Å². The van der Waals surface area contributed by atoms with Crippen LogP contribution >= 0.6 is 15.9 Å². The lowest BCUT2D eigenvalue weighted by atomic mass is 10.1. The maximum absolute atomic E-state index is 11.7. The third kappa shape index (κ3) is 5.33. The largest absolute Gasteiger partial charge is 0.459 e. The Morgan fingerprint density at radius 2 is 2.06 bits per heavy atom. The van der Waals surface area contributed by atoms with Gasteiger partial charge in [0.15, 0.2) is 0 Å². The quantitative estimate of drug-likeness (QED) is 0.473. The van der Waals surface area contributed by atoms with E-state index < -0.39 is 0 Å². The molecule has 0 bridgehead atoms. The van der Waals surface area contributed by atoms with Crippen LogP contribution in [-0.4, -0.2) is 25.7 Å². The summed E-state index contributed by atoms with van der Waals surface area (Å²) in [5, 5.41) is 2.15. The van der Waals surface area contributed by atoms with Crippen molar-refractivity contribution in [2.75, 3.05) is 19.7 Å². The van der Waals surface area contributed by atoms with Crippen LogP contribution in [0, 0.1) is 0 Å². The van der Waals surface area contributed by atoms with Crippen molar-refractivity contribution in [1.29, 1.82) is 0 Å². The monoisotopic (exact) mass is 300 g/mol. The molecule has 3 nitrogen and oxygen atoms in total. The van der Waals surface area contributed by atoms with Crippen LogP contribution in [0.3, 0.4) is 0 Å². The van der Waals surface area contributed by atoms with E-state index in [0.717, 1.165) is 25.1 Å². The Labute approximate surface area is 111 Å². The number of hydrogen-bond acceptors (Lipinski definition) is 2. The smallest absolute Gasteiger partial charge is 0.324 e. The Balaban J connectivity index is 2.28. The van der Waals surface area contributed by atoms with E-state index in [1.54, 1.807) is 0 Å². The van der Waals surface area contributed by atoms with E-state index in [2.05, 4.69) is 28.2 Å². The first-order valence-corrected chi connectivity index (χ1v) is 6.84. The number of ether oxygens (including phenoxy) is 1. The minimum Gasteiger partial charge on any atom is -0.459 e. The van der Waals surface area contributed by atoms with E-state index in [4.69, 9.17) is 4.74 Å². The fourth-order valence-corrected chi connectivity index (χ4v) is 1.86. The maximum atomic E-state index is 11.7. The SMILES string of the molecule is CCC[NH2+]CCOC(=O)C(Br)c1ccccc1. The van der Waals surface area contributed by atoms with Gasteiger partial charge in [-0.3, -0.25) is 4.79 Å². The fourth-order valence-electron chi connectivity index (χ4n) is 1.42. The Kier molecular flexibility index (Phi) is 6.89. The minimum atomic E-state index is -0.366. The molecule has 0 amide bonds. The number of nitrogens with two attached hydrogens (primary N) is 1. The first-order chi connectivity index (χ1) is 8.25. The first-order valence-electron chi connectivity index (χ1n) is 5.93. The fraction of sp³-hybridized carbons (Fsp3) is 0.462. The lowest BCUT2D eigenvalue weighted by molar-refractivity contribution is -0.655. The van der Waals surface area contributed by atoms with E-state index >= 15 is 0 Å². The Morgan fingerprint density at radius 3 is 2.71 bits per heavy atom. The van der Waals surface area contributed by atoms with Crippen molar-refractivity contribution in [1.82, 2.24) is 0 Å². The summed E-state index contributed by atoms with van der Waals surface area (Å²) in [7, 11) is 0. The number of alkyl halides is 1. The van der Waals surface area contributed by atoms with Crippen LogP contribution in [-0.2, 0) is 9.53 Å². The van der Waals surface area contributed by atoms with Crippen LogP contribution in [0.5, 0.6) is 0 Å². The van der Waals surface area contributed by atoms with Crippen LogP contribution in [0.2, 0.25) is 0 Å². The van der Waals surface area contributed by atoms with Gasteiger partial charge in [-0.25, -0.2) is 0 Å². The number of benzene rings is 1. The molecular formula is C13H19BrNO2+. The van der Waals surface area contributed by atoms with Crippen molar-refractivity contribution in [2.24, 2.45) is 0 Å². The first kappa shape index (κ1) is 14.2. The second kappa shape index (κ2) is 8.25. The van der Waals surface area contributed by atoms with Crippen LogP contribution < -0.4 is 5.32 Å². The summed E-state index contributed by atoms with van der Waals surface area (Å²) in [5.74, 6) is -0.221. The second-order valence-electron chi connectivity index (χ2n) is 3.81. The molecule has 0 aromatic heterocycles. The van der Waals surface area contributed by atoms with Gasteiger partial charge in [0.25, 0.3) is 0 Å². The molecular weight excluding hydrogens is 282 g/mol. The molecule has 0 aliphatic heterocycles. The van der Waals surface area contributed by atoms with E-state index in [-0.39, 0.29) is 10.8 Å². The number of hydrogen-bond donors (Lipinski definition) is 1. The molecule has 0 fully saturated rings. The van der Waals surface area contributed by atoms with Gasteiger partial charge in [-0.15, -0.1) is 0 Å². The van der Waals surface area contributed by atoms with Crippen LogP contribution in [0.25, 0.3) is 0 Å². The zero-order chi connectivity index (χ0) is 12.5. The molecule has 17 heavy (non-hydrogen) atoms. The summed E-state index contributed by atoms with van der Waals surface area (Å²) in [4.78, 5) is 11.3. The molecule has 0 saturated carbocycles. The van der Waals surface area contributed by atoms with Gasteiger partial charge < -0.3 is 10.1 Å². The number of esters is 1. The number of quaternary nitrogens is 1. The molecule has 1 rings (SSSR count). The summed E-state index contributed by atoms with van der Waals surface area (Å²) in [5.41, 5.74) is 0.926. The summed E-state index contributed by atoms with van der Waals surface area (Å²) >= 11 is 3.35. The summed E-state index contributed by atoms with van der Waals surface area (Å²) in [6.07, 6.45) is 1.14. The molecule has 1 atom stereocenters. The summed E-state index contributed by atoms with van der Waals surface area (Å²) in [6, 6.07) is 9.56. The average Bonchev–Trinajstić information content (AvgIpc) is 2.38. The molecule has 0 heterocycles. The van der Waals surface area contributed by atoms with Crippen LogP contribution in [0.1, 0.15) is 23.7 Å². The van der Waals surface area contributed by atoms with Crippen molar-refractivity contribution in [3.8, 4) is 0 Å². The topological polar surface area (TPSA) is 42.9 Å². The molecule has 2 N–H and O–H groups in total. The predicted octanol–water partition coefficient (Wildman–Crippen LogP) is 1.64. The van der Waals surface area contributed by atoms with E-state index in [9.17, 15) is 4.79 Å². The highest BCUT2D eigenvalue weighted by atomic mass is 79.9. The Morgan fingerprint density at radius 1 is 1.35 bits per heavy atom.